The molecule has 0 aliphatic carbocycles. The van der Waals surface area contributed by atoms with Gasteiger partial charge in [0.2, 0.25) is 0 Å². The molecule has 0 bridgehead atoms. The fourth-order valence-corrected chi connectivity index (χ4v) is 2.17. The smallest absolute Gasteiger partial charge is 0.274 e. The first-order valence-corrected chi connectivity index (χ1v) is 8.02. The van der Waals surface area contributed by atoms with Gasteiger partial charge >= 0.3 is 0 Å². The van der Waals surface area contributed by atoms with Crippen LogP contribution in [0, 0.1) is 11.6 Å². The number of nitrogens with one attached hydrogen (secondary N) is 2. The second kappa shape index (κ2) is 9.00. The van der Waals surface area contributed by atoms with Crippen LogP contribution in [-0.4, -0.2) is 48.9 Å². The third-order valence-electron chi connectivity index (χ3n) is 3.50. The van der Waals surface area contributed by atoms with Gasteiger partial charge in [0.1, 0.15) is 17.3 Å². The quantitative estimate of drug-likeness (QED) is 0.741. The number of nitrogens with zero attached hydrogens (tertiary/aromatic N) is 2. The summed E-state index contributed by atoms with van der Waals surface area (Å²) < 4.78 is 26.5. The Morgan fingerprint density at radius 2 is 1.88 bits per heavy atom. The lowest BCUT2D eigenvalue weighted by molar-refractivity contribution is 0.0952. The van der Waals surface area contributed by atoms with Crippen LogP contribution < -0.4 is 10.6 Å². The van der Waals surface area contributed by atoms with Crippen molar-refractivity contribution in [1.82, 2.24) is 15.2 Å². The van der Waals surface area contributed by atoms with Crippen molar-refractivity contribution in [2.45, 2.75) is 6.42 Å². The molecule has 0 fully saturated rings. The zero-order valence-electron chi connectivity index (χ0n) is 14.6. The van der Waals surface area contributed by atoms with Crippen molar-refractivity contribution in [2.24, 2.45) is 0 Å². The van der Waals surface area contributed by atoms with Gasteiger partial charge in [-0.25, -0.2) is 8.78 Å². The summed E-state index contributed by atoms with van der Waals surface area (Å²) in [6.45, 7) is 1.34. The van der Waals surface area contributed by atoms with E-state index in [-0.39, 0.29) is 22.9 Å². The lowest BCUT2D eigenvalue weighted by Gasteiger charge is -2.10. The van der Waals surface area contributed by atoms with Crippen LogP contribution in [0.3, 0.4) is 0 Å². The molecule has 26 heavy (non-hydrogen) atoms. The van der Waals surface area contributed by atoms with Crippen molar-refractivity contribution in [1.29, 1.82) is 0 Å². The standard InChI is InChI=1S/C18H20F2N4O2/c1-24(2)9-3-7-22-17(25)12-6-8-21-16(10-12)18(26)23-15-5-4-13(19)11-14(15)20/h4-6,8,10-11H,3,7,9H2,1-2H3,(H,22,25)(H,23,26). The first kappa shape index (κ1) is 19.5. The van der Waals surface area contributed by atoms with E-state index in [0.717, 1.165) is 25.1 Å². The van der Waals surface area contributed by atoms with Gasteiger partial charge in [-0.2, -0.15) is 0 Å². The fourth-order valence-electron chi connectivity index (χ4n) is 2.17. The fraction of sp³-hybridized carbons (Fsp3) is 0.278. The van der Waals surface area contributed by atoms with Crippen LogP contribution in [0.15, 0.2) is 36.5 Å². The average Bonchev–Trinajstić information content (AvgIpc) is 2.60. The molecule has 2 amide bonds. The zero-order valence-corrected chi connectivity index (χ0v) is 14.6. The maximum absolute atomic E-state index is 13.6. The van der Waals surface area contributed by atoms with Gasteiger partial charge in [-0.15, -0.1) is 0 Å². The molecule has 2 rings (SSSR count). The van der Waals surface area contributed by atoms with E-state index in [4.69, 9.17) is 0 Å². The first-order chi connectivity index (χ1) is 12.4. The van der Waals surface area contributed by atoms with Gasteiger partial charge in [-0.05, 0) is 51.3 Å². The molecule has 2 aromatic rings. The van der Waals surface area contributed by atoms with E-state index in [2.05, 4.69) is 15.6 Å². The number of hydrogen-bond acceptors (Lipinski definition) is 4. The Balaban J connectivity index is 2.01. The van der Waals surface area contributed by atoms with E-state index in [9.17, 15) is 18.4 Å². The molecule has 0 radical (unpaired) electrons. The van der Waals surface area contributed by atoms with Crippen molar-refractivity contribution >= 4 is 17.5 Å². The van der Waals surface area contributed by atoms with Gasteiger partial charge in [0, 0.05) is 24.4 Å². The highest BCUT2D eigenvalue weighted by atomic mass is 19.1. The number of halogens is 2. The molecule has 0 atom stereocenters. The summed E-state index contributed by atoms with van der Waals surface area (Å²) in [5.41, 5.74) is 0.0565. The Morgan fingerprint density at radius 3 is 2.58 bits per heavy atom. The number of benzene rings is 1. The minimum atomic E-state index is -0.895. The normalized spacial score (nSPS) is 10.7. The Kier molecular flexibility index (Phi) is 6.74. The van der Waals surface area contributed by atoms with E-state index in [0.29, 0.717) is 12.6 Å². The van der Waals surface area contributed by atoms with E-state index in [1.54, 1.807) is 0 Å². The number of amides is 2. The molecule has 1 aromatic heterocycles. The van der Waals surface area contributed by atoms with Gasteiger partial charge in [-0.1, -0.05) is 0 Å². The molecule has 0 aliphatic rings. The second-order valence-electron chi connectivity index (χ2n) is 5.92. The summed E-state index contributed by atoms with van der Waals surface area (Å²) in [5.74, 6) is -2.66. The van der Waals surface area contributed by atoms with Gasteiger partial charge in [-0.3, -0.25) is 14.6 Å². The number of aromatic nitrogens is 1. The zero-order chi connectivity index (χ0) is 19.1. The summed E-state index contributed by atoms with van der Waals surface area (Å²) >= 11 is 0. The van der Waals surface area contributed by atoms with Crippen LogP contribution in [0.2, 0.25) is 0 Å². The van der Waals surface area contributed by atoms with Crippen molar-refractivity contribution < 1.29 is 18.4 Å². The first-order valence-electron chi connectivity index (χ1n) is 8.02. The highest BCUT2D eigenvalue weighted by Gasteiger charge is 2.14. The van der Waals surface area contributed by atoms with E-state index in [1.165, 1.54) is 18.3 Å². The van der Waals surface area contributed by atoms with Gasteiger partial charge < -0.3 is 15.5 Å². The number of anilines is 1. The Bertz CT molecular complexity index is 797. The predicted octanol–water partition coefficient (Wildman–Crippen LogP) is 2.29. The molecular formula is C18H20F2N4O2. The number of rotatable bonds is 7. The summed E-state index contributed by atoms with van der Waals surface area (Å²) in [6, 6.07) is 5.61. The number of pyridine rings is 1. The molecule has 6 nitrogen and oxygen atoms in total. The minimum Gasteiger partial charge on any atom is -0.352 e. The number of carbonyl (C=O) groups is 2. The molecule has 0 saturated carbocycles. The van der Waals surface area contributed by atoms with Crippen LogP contribution in [0.25, 0.3) is 0 Å². The topological polar surface area (TPSA) is 74.3 Å². The van der Waals surface area contributed by atoms with E-state index >= 15 is 0 Å². The molecule has 0 unspecified atom stereocenters. The monoisotopic (exact) mass is 362 g/mol. The third kappa shape index (κ3) is 5.59. The molecule has 1 heterocycles. The van der Waals surface area contributed by atoms with Gasteiger partial charge in [0.05, 0.1) is 5.69 Å². The SMILES string of the molecule is CN(C)CCCNC(=O)c1ccnc(C(=O)Nc2ccc(F)cc2F)c1. The molecule has 8 heteroatoms. The van der Waals surface area contributed by atoms with Gasteiger partial charge in [0.25, 0.3) is 11.8 Å². The van der Waals surface area contributed by atoms with Crippen LogP contribution >= 0.6 is 0 Å². The molecule has 2 N–H and O–H groups in total. The molecule has 138 valence electrons. The highest BCUT2D eigenvalue weighted by Crippen LogP contribution is 2.16. The second-order valence-corrected chi connectivity index (χ2v) is 5.92. The van der Waals surface area contributed by atoms with Crippen LogP contribution in [0.1, 0.15) is 27.3 Å². The Morgan fingerprint density at radius 1 is 1.12 bits per heavy atom. The highest BCUT2D eigenvalue weighted by molar-refractivity contribution is 6.04. The van der Waals surface area contributed by atoms with Crippen LogP contribution in [-0.2, 0) is 0 Å². The average molecular weight is 362 g/mol. The predicted molar refractivity (Wildman–Crippen MR) is 94.1 cm³/mol. The summed E-state index contributed by atoms with van der Waals surface area (Å²) in [5, 5.41) is 5.06. The summed E-state index contributed by atoms with van der Waals surface area (Å²) in [4.78, 5) is 30.2. The lowest BCUT2D eigenvalue weighted by Crippen LogP contribution is -2.27. The number of carbonyl (C=O) groups excluding carboxylic acids is 2. The Hall–Kier alpha value is -2.87. The van der Waals surface area contributed by atoms with Crippen molar-refractivity contribution in [2.75, 3.05) is 32.5 Å². The maximum atomic E-state index is 13.6. The third-order valence-corrected chi connectivity index (χ3v) is 3.50. The van der Waals surface area contributed by atoms with E-state index < -0.39 is 17.5 Å². The molecule has 0 saturated heterocycles. The number of hydrogen-bond donors (Lipinski definition) is 2. The molecule has 0 aliphatic heterocycles. The van der Waals surface area contributed by atoms with Crippen LogP contribution in [0.5, 0.6) is 0 Å². The van der Waals surface area contributed by atoms with E-state index in [1.807, 2.05) is 19.0 Å². The van der Waals surface area contributed by atoms with Crippen LogP contribution in [0.4, 0.5) is 14.5 Å². The van der Waals surface area contributed by atoms with Crippen molar-refractivity contribution in [3.05, 3.63) is 59.4 Å². The molecule has 1 aromatic carbocycles. The minimum absolute atomic E-state index is 0.0466. The Labute approximate surface area is 150 Å². The lowest BCUT2D eigenvalue weighted by atomic mass is 10.2. The van der Waals surface area contributed by atoms with Gasteiger partial charge in [0.15, 0.2) is 0 Å². The largest absolute Gasteiger partial charge is 0.352 e. The summed E-state index contributed by atoms with van der Waals surface area (Å²) in [7, 11) is 3.89. The van der Waals surface area contributed by atoms with Crippen molar-refractivity contribution in [3.63, 3.8) is 0 Å². The van der Waals surface area contributed by atoms with Crippen molar-refractivity contribution in [3.8, 4) is 0 Å². The maximum Gasteiger partial charge on any atom is 0.274 e. The summed E-state index contributed by atoms with van der Waals surface area (Å²) in [6.07, 6.45) is 2.12. The molecule has 0 spiro atoms. The molecular weight excluding hydrogens is 342 g/mol.